The van der Waals surface area contributed by atoms with Crippen LogP contribution in [0.2, 0.25) is 0 Å². The summed E-state index contributed by atoms with van der Waals surface area (Å²) < 4.78 is 9.67. The quantitative estimate of drug-likeness (QED) is 0.165. The molecule has 0 amide bonds. The van der Waals surface area contributed by atoms with Crippen LogP contribution in [0.25, 0.3) is 0 Å². The van der Waals surface area contributed by atoms with Crippen molar-refractivity contribution in [1.29, 1.82) is 0 Å². The number of H-pyrrole nitrogens is 4. The Balaban J connectivity index is 1.47. The molecule has 152 valence electrons. The highest BCUT2D eigenvalue weighted by Crippen LogP contribution is 2.10. The van der Waals surface area contributed by atoms with E-state index in [1.807, 2.05) is 0 Å². The fraction of sp³-hybridized carbons (Fsp3) is 0.400. The molecule has 10 nitrogen and oxygen atoms in total. The number of aromatic nitrogens is 8. The summed E-state index contributed by atoms with van der Waals surface area (Å²) in [7, 11) is 0. The number of rotatable bonds is 0. The fourth-order valence-corrected chi connectivity index (χ4v) is 5.10. The maximum atomic E-state index is 3.58. The first-order valence-electron chi connectivity index (χ1n) is 10.6. The van der Waals surface area contributed by atoms with Gasteiger partial charge in [-0.3, -0.25) is 10.6 Å². The largest absolute Gasteiger partial charge is 0.299 e. The zero-order valence-electron chi connectivity index (χ0n) is 16.8. The van der Waals surface area contributed by atoms with E-state index in [2.05, 4.69) is 73.6 Å². The number of nitrogens with zero attached hydrogens (tertiary/aromatic N) is 4. The second-order valence-electron chi connectivity index (χ2n) is 8.46. The molecule has 0 saturated carbocycles. The Morgan fingerprint density at radius 3 is 1.37 bits per heavy atom. The molecule has 0 aliphatic carbocycles. The third-order valence-corrected chi connectivity index (χ3v) is 6.77. The molecule has 0 radical (unpaired) electrons. The standard InChI is InChI=1S/C20H22N10/c1-13-5-25-19-9-22-4-16-8-24-18(30(16)11-27(13)19)2-14-6-26-20-10-21-3-15-7-23-17(1)29(15)12-28(14)20/h5-8,21-22H,1-4,9-12H2/p+4. The lowest BCUT2D eigenvalue weighted by Crippen LogP contribution is -2.62. The first-order valence-corrected chi connectivity index (χ1v) is 10.6. The Labute approximate surface area is 172 Å². The van der Waals surface area contributed by atoms with Crippen LogP contribution in [-0.4, -0.2) is 19.9 Å². The molecule has 6 N–H and O–H groups in total. The molecule has 0 spiro atoms. The summed E-state index contributed by atoms with van der Waals surface area (Å²) in [4.78, 5) is 14.1. The third-order valence-electron chi connectivity index (χ3n) is 6.77. The van der Waals surface area contributed by atoms with E-state index in [0.717, 1.165) is 52.4 Å². The van der Waals surface area contributed by atoms with Crippen LogP contribution in [-0.2, 0) is 52.4 Å². The van der Waals surface area contributed by atoms with Gasteiger partial charge in [0.25, 0.3) is 23.3 Å². The molecule has 0 aromatic carbocycles. The SMILES string of the molecule is c1[nH]c2[n+]3c1Cc1[nH]cc4[n+]1C[n+]1c(c[nH]c1CNC4)Cc1[nH]cc([n+]1C3)CNC2. The van der Waals surface area contributed by atoms with Crippen molar-refractivity contribution in [3.63, 3.8) is 0 Å². The normalized spacial score (nSPS) is 17.3. The molecular weight excluding hydrogens is 380 g/mol. The predicted molar refractivity (Wildman–Crippen MR) is 101 cm³/mol. The van der Waals surface area contributed by atoms with Gasteiger partial charge in [0.2, 0.25) is 13.3 Å². The summed E-state index contributed by atoms with van der Waals surface area (Å²) in [6.45, 7) is 5.01. The lowest BCUT2D eigenvalue weighted by Gasteiger charge is -2.13. The molecule has 0 unspecified atom stereocenters. The van der Waals surface area contributed by atoms with Crippen LogP contribution in [0.1, 0.15) is 46.1 Å². The summed E-state index contributed by atoms with van der Waals surface area (Å²) >= 11 is 0. The summed E-state index contributed by atoms with van der Waals surface area (Å²) in [5.74, 6) is 4.88. The average molecular weight is 406 g/mol. The minimum atomic E-state index is 0.816. The minimum Gasteiger partial charge on any atom is -0.299 e. The Morgan fingerprint density at radius 1 is 0.467 bits per heavy atom. The van der Waals surface area contributed by atoms with E-state index in [1.165, 1.54) is 46.1 Å². The van der Waals surface area contributed by atoms with E-state index in [-0.39, 0.29) is 0 Å². The molecule has 4 bridgehead atoms. The molecule has 7 rings (SSSR count). The van der Waals surface area contributed by atoms with Gasteiger partial charge in [0.05, 0.1) is 26.2 Å². The van der Waals surface area contributed by atoms with Crippen LogP contribution < -0.4 is 28.9 Å². The zero-order chi connectivity index (χ0) is 19.7. The highest BCUT2D eigenvalue weighted by Gasteiger charge is 2.34. The second kappa shape index (κ2) is 6.13. The van der Waals surface area contributed by atoms with E-state index in [1.54, 1.807) is 0 Å². The average Bonchev–Trinajstić information content (AvgIpc) is 3.45. The molecule has 3 aliphatic heterocycles. The van der Waals surface area contributed by atoms with Crippen LogP contribution in [0, 0.1) is 0 Å². The molecule has 0 fully saturated rings. The van der Waals surface area contributed by atoms with Crippen LogP contribution in [0.3, 0.4) is 0 Å². The first kappa shape index (κ1) is 16.5. The van der Waals surface area contributed by atoms with Crippen LogP contribution in [0.5, 0.6) is 0 Å². The number of imidazole rings is 4. The number of aromatic amines is 4. The molecule has 30 heavy (non-hydrogen) atoms. The summed E-state index contributed by atoms with van der Waals surface area (Å²) in [6.07, 6.45) is 10.3. The van der Waals surface area contributed by atoms with Gasteiger partial charge < -0.3 is 0 Å². The highest BCUT2D eigenvalue weighted by atomic mass is 15.3. The first-order chi connectivity index (χ1) is 14.8. The van der Waals surface area contributed by atoms with Crippen molar-refractivity contribution in [3.05, 3.63) is 70.9 Å². The van der Waals surface area contributed by atoms with Crippen molar-refractivity contribution in [1.82, 2.24) is 30.6 Å². The molecule has 4 aromatic rings. The molecule has 7 heterocycles. The number of hydrogen-bond acceptors (Lipinski definition) is 2. The maximum absolute atomic E-state index is 3.58. The van der Waals surface area contributed by atoms with Crippen molar-refractivity contribution in [3.8, 4) is 0 Å². The lowest BCUT2D eigenvalue weighted by atomic mass is 10.2. The number of hydrogen-bond donors (Lipinski definition) is 6. The monoisotopic (exact) mass is 406 g/mol. The Bertz CT molecular complexity index is 1080. The Kier molecular flexibility index (Phi) is 3.38. The van der Waals surface area contributed by atoms with E-state index in [9.17, 15) is 0 Å². The molecule has 0 atom stereocenters. The summed E-state index contributed by atoms with van der Waals surface area (Å²) in [5.41, 5.74) is 5.14. The van der Waals surface area contributed by atoms with E-state index < -0.39 is 0 Å². The highest BCUT2D eigenvalue weighted by molar-refractivity contribution is 5.05. The van der Waals surface area contributed by atoms with Crippen molar-refractivity contribution in [2.75, 3.05) is 0 Å². The number of nitrogens with one attached hydrogen (secondary N) is 6. The van der Waals surface area contributed by atoms with Gasteiger partial charge >= 0.3 is 0 Å². The Morgan fingerprint density at radius 2 is 0.867 bits per heavy atom. The van der Waals surface area contributed by atoms with Gasteiger partial charge in [-0.25, -0.2) is 19.9 Å². The minimum absolute atomic E-state index is 0.816. The van der Waals surface area contributed by atoms with Gasteiger partial charge in [0.1, 0.15) is 37.6 Å². The van der Waals surface area contributed by atoms with Gasteiger partial charge in [-0.2, -0.15) is 18.3 Å². The van der Waals surface area contributed by atoms with E-state index >= 15 is 0 Å². The zero-order valence-corrected chi connectivity index (χ0v) is 16.8. The second-order valence-corrected chi connectivity index (χ2v) is 8.46. The van der Waals surface area contributed by atoms with Crippen molar-refractivity contribution >= 4 is 0 Å². The van der Waals surface area contributed by atoms with Gasteiger partial charge in [-0.1, -0.05) is 0 Å². The smallest absolute Gasteiger partial charge is 0.271 e. The van der Waals surface area contributed by atoms with E-state index in [0.29, 0.717) is 0 Å². The van der Waals surface area contributed by atoms with Gasteiger partial charge in [0.15, 0.2) is 22.8 Å². The van der Waals surface area contributed by atoms with Crippen LogP contribution in [0.15, 0.2) is 24.8 Å². The Hall–Kier alpha value is -3.24. The maximum Gasteiger partial charge on any atom is 0.271 e. The van der Waals surface area contributed by atoms with Gasteiger partial charge in [0, 0.05) is 0 Å². The van der Waals surface area contributed by atoms with Crippen LogP contribution >= 0.6 is 0 Å². The molecule has 4 aromatic heterocycles. The third kappa shape index (κ3) is 2.37. The molecule has 0 saturated heterocycles. The van der Waals surface area contributed by atoms with Crippen molar-refractivity contribution in [2.45, 2.75) is 52.4 Å². The molecular formula is C20H26N10+4. The topological polar surface area (TPSA) is 103 Å². The summed E-state index contributed by atoms with van der Waals surface area (Å²) in [5, 5.41) is 7.16. The van der Waals surface area contributed by atoms with E-state index in [4.69, 9.17) is 0 Å². The molecule has 3 aliphatic rings. The van der Waals surface area contributed by atoms with Crippen molar-refractivity contribution < 1.29 is 18.3 Å². The fourth-order valence-electron chi connectivity index (χ4n) is 5.10. The van der Waals surface area contributed by atoms with Crippen molar-refractivity contribution in [2.24, 2.45) is 0 Å². The van der Waals surface area contributed by atoms with Crippen LogP contribution in [0.4, 0.5) is 0 Å². The van der Waals surface area contributed by atoms with Gasteiger partial charge in [-0.15, -0.1) is 0 Å². The predicted octanol–water partition coefficient (Wildman–Crippen LogP) is -2.14. The lowest BCUT2D eigenvalue weighted by molar-refractivity contribution is -0.933. The molecule has 10 heteroatoms. The van der Waals surface area contributed by atoms with Gasteiger partial charge in [-0.05, 0) is 0 Å². The summed E-state index contributed by atoms with van der Waals surface area (Å²) in [6, 6.07) is 0.